The van der Waals surface area contributed by atoms with E-state index in [1.54, 1.807) is 6.07 Å². The molecule has 1 fully saturated rings. The van der Waals surface area contributed by atoms with Crippen molar-refractivity contribution >= 4 is 5.69 Å². The zero-order valence-corrected chi connectivity index (χ0v) is 17.7. The minimum atomic E-state index is -0.397. The van der Waals surface area contributed by atoms with Gasteiger partial charge in [0, 0.05) is 62.9 Å². The number of unbranched alkanes of at least 4 members (excludes halogenated alkanes) is 1. The predicted molar refractivity (Wildman–Crippen MR) is 120 cm³/mol. The quantitative estimate of drug-likeness (QED) is 0.290. The Morgan fingerprint density at radius 1 is 0.935 bits per heavy atom. The Morgan fingerprint density at radius 2 is 1.71 bits per heavy atom. The van der Waals surface area contributed by atoms with E-state index in [9.17, 15) is 10.1 Å². The molecule has 162 valence electrons. The van der Waals surface area contributed by atoms with Crippen LogP contribution in [0.1, 0.15) is 24.2 Å². The molecular weight excluding hydrogens is 392 g/mol. The molecule has 1 aliphatic heterocycles. The summed E-state index contributed by atoms with van der Waals surface area (Å²) in [6.07, 6.45) is 2.98. The van der Waals surface area contributed by atoms with Crippen molar-refractivity contribution < 1.29 is 9.45 Å². The van der Waals surface area contributed by atoms with Gasteiger partial charge in [-0.15, -0.1) is 0 Å². The molecule has 2 aromatic carbocycles. The third-order valence-corrected chi connectivity index (χ3v) is 5.77. The van der Waals surface area contributed by atoms with Crippen LogP contribution in [0, 0.1) is 10.1 Å². The van der Waals surface area contributed by atoms with E-state index in [2.05, 4.69) is 45.3 Å². The van der Waals surface area contributed by atoms with Gasteiger partial charge in [-0.3, -0.25) is 15.0 Å². The van der Waals surface area contributed by atoms with E-state index in [-0.39, 0.29) is 5.69 Å². The average Bonchev–Trinajstić information content (AvgIpc) is 3.28. The Hall–Kier alpha value is -3.03. The molecule has 31 heavy (non-hydrogen) atoms. The van der Waals surface area contributed by atoms with Crippen LogP contribution in [0.5, 0.6) is 0 Å². The molecule has 0 aliphatic carbocycles. The lowest BCUT2D eigenvalue weighted by atomic mass is 10.1. The summed E-state index contributed by atoms with van der Waals surface area (Å²) in [5.41, 5.74) is 2.80. The molecule has 1 saturated heterocycles. The first-order valence-corrected chi connectivity index (χ1v) is 10.9. The molecule has 0 amide bonds. The van der Waals surface area contributed by atoms with Gasteiger partial charge >= 0.3 is 0 Å². The molecule has 4 rings (SSSR count). The fraction of sp³-hybridized carbons (Fsp3) is 0.375. The second kappa shape index (κ2) is 10.3. The Morgan fingerprint density at radius 3 is 2.48 bits per heavy atom. The highest BCUT2D eigenvalue weighted by Crippen LogP contribution is 2.24. The van der Waals surface area contributed by atoms with Gasteiger partial charge in [0.25, 0.3) is 5.69 Å². The lowest BCUT2D eigenvalue weighted by Crippen LogP contribution is -2.46. The van der Waals surface area contributed by atoms with E-state index in [1.807, 2.05) is 12.1 Å². The monoisotopic (exact) mass is 420 g/mol. The summed E-state index contributed by atoms with van der Waals surface area (Å²) in [5.74, 6) is 0.828. The zero-order valence-electron chi connectivity index (χ0n) is 17.7. The predicted octanol–water partition coefficient (Wildman–Crippen LogP) is 4.39. The van der Waals surface area contributed by atoms with Crippen molar-refractivity contribution in [3.63, 3.8) is 0 Å². The molecule has 0 bridgehead atoms. The van der Waals surface area contributed by atoms with Crippen LogP contribution in [0.2, 0.25) is 0 Å². The van der Waals surface area contributed by atoms with Gasteiger partial charge < -0.3 is 9.42 Å². The van der Waals surface area contributed by atoms with Crippen LogP contribution >= 0.6 is 0 Å². The van der Waals surface area contributed by atoms with Crippen molar-refractivity contribution in [1.29, 1.82) is 0 Å². The normalized spacial score (nSPS) is 15.2. The Bertz CT molecular complexity index is 981. The first kappa shape index (κ1) is 21.2. The minimum absolute atomic E-state index is 0.0610. The molecule has 0 radical (unpaired) electrons. The number of hydrogen-bond donors (Lipinski definition) is 0. The molecule has 0 unspecified atom stereocenters. The summed E-state index contributed by atoms with van der Waals surface area (Å²) in [5, 5.41) is 15.0. The fourth-order valence-electron chi connectivity index (χ4n) is 3.99. The van der Waals surface area contributed by atoms with Crippen molar-refractivity contribution in [2.75, 3.05) is 32.7 Å². The number of aryl methyl sites for hydroxylation is 1. The number of non-ortho nitro benzene ring substituents is 1. The van der Waals surface area contributed by atoms with Crippen LogP contribution < -0.4 is 0 Å². The van der Waals surface area contributed by atoms with Gasteiger partial charge in [0.05, 0.1) is 4.92 Å². The van der Waals surface area contributed by atoms with Gasteiger partial charge in [0.1, 0.15) is 11.5 Å². The molecule has 0 saturated carbocycles. The summed E-state index contributed by atoms with van der Waals surface area (Å²) in [4.78, 5) is 15.6. The number of piperazine rings is 1. The number of benzene rings is 2. The molecule has 7 nitrogen and oxygen atoms in total. The molecule has 0 N–H and O–H groups in total. The molecule has 0 spiro atoms. The zero-order chi connectivity index (χ0) is 21.5. The summed E-state index contributed by atoms with van der Waals surface area (Å²) < 4.78 is 5.44. The minimum Gasteiger partial charge on any atom is -0.361 e. The average molecular weight is 421 g/mol. The second-order valence-corrected chi connectivity index (χ2v) is 8.05. The molecule has 0 atom stereocenters. The van der Waals surface area contributed by atoms with Crippen molar-refractivity contribution in [2.45, 2.75) is 25.8 Å². The maximum Gasteiger partial charge on any atom is 0.270 e. The van der Waals surface area contributed by atoms with E-state index < -0.39 is 4.92 Å². The third-order valence-electron chi connectivity index (χ3n) is 5.77. The standard InChI is InChI=1S/C24H28N4O3/c29-28(30)22-10-6-9-21(17-22)24-18-23(31-25-24)11-4-5-12-26-13-15-27(16-14-26)19-20-7-2-1-3-8-20/h1-3,6-10,17-18H,4-5,11-16,19H2. The van der Waals surface area contributed by atoms with Crippen LogP contribution in [0.4, 0.5) is 5.69 Å². The van der Waals surface area contributed by atoms with Gasteiger partial charge in [-0.1, -0.05) is 47.6 Å². The van der Waals surface area contributed by atoms with Crippen LogP contribution in [0.25, 0.3) is 11.3 Å². The summed E-state index contributed by atoms with van der Waals surface area (Å²) in [6.45, 7) is 6.60. The van der Waals surface area contributed by atoms with Crippen LogP contribution in [-0.4, -0.2) is 52.6 Å². The maximum atomic E-state index is 10.9. The first-order valence-electron chi connectivity index (χ1n) is 10.9. The van der Waals surface area contributed by atoms with Crippen LogP contribution in [0.15, 0.2) is 65.2 Å². The number of rotatable bonds is 9. The fourth-order valence-corrected chi connectivity index (χ4v) is 3.99. The highest BCUT2D eigenvalue weighted by atomic mass is 16.6. The summed E-state index contributed by atoms with van der Waals surface area (Å²) in [6, 6.07) is 19.0. The molecule has 2 heterocycles. The SMILES string of the molecule is O=[N+]([O-])c1cccc(-c2cc(CCCCN3CCN(Cc4ccccc4)CC3)on2)c1. The van der Waals surface area contributed by atoms with E-state index >= 15 is 0 Å². The highest BCUT2D eigenvalue weighted by molar-refractivity contribution is 5.62. The summed E-state index contributed by atoms with van der Waals surface area (Å²) >= 11 is 0. The van der Waals surface area contributed by atoms with E-state index in [4.69, 9.17) is 4.52 Å². The maximum absolute atomic E-state index is 10.9. The lowest BCUT2D eigenvalue weighted by Gasteiger charge is -2.34. The highest BCUT2D eigenvalue weighted by Gasteiger charge is 2.16. The lowest BCUT2D eigenvalue weighted by molar-refractivity contribution is -0.384. The molecule has 1 aliphatic rings. The molecule has 1 aromatic heterocycles. The van der Waals surface area contributed by atoms with E-state index in [1.165, 1.54) is 17.7 Å². The van der Waals surface area contributed by atoms with Gasteiger partial charge in [-0.05, 0) is 24.9 Å². The van der Waals surface area contributed by atoms with Gasteiger partial charge in [-0.25, -0.2) is 0 Å². The van der Waals surface area contributed by atoms with Crippen molar-refractivity contribution in [1.82, 2.24) is 15.0 Å². The smallest absolute Gasteiger partial charge is 0.270 e. The molecular formula is C24H28N4O3. The topological polar surface area (TPSA) is 75.7 Å². The van der Waals surface area contributed by atoms with Gasteiger partial charge in [0.15, 0.2) is 0 Å². The number of aromatic nitrogens is 1. The third kappa shape index (κ3) is 5.99. The van der Waals surface area contributed by atoms with Crippen LogP contribution in [-0.2, 0) is 13.0 Å². The number of hydrogen-bond acceptors (Lipinski definition) is 6. The van der Waals surface area contributed by atoms with Crippen molar-refractivity contribution in [3.05, 3.63) is 82.1 Å². The largest absolute Gasteiger partial charge is 0.361 e. The molecule has 3 aromatic rings. The van der Waals surface area contributed by atoms with Crippen molar-refractivity contribution in [2.24, 2.45) is 0 Å². The molecule has 7 heteroatoms. The Labute approximate surface area is 182 Å². The van der Waals surface area contributed by atoms with Gasteiger partial charge in [0.2, 0.25) is 0 Å². The number of nitro benzene ring substituents is 1. The van der Waals surface area contributed by atoms with Crippen LogP contribution in [0.3, 0.4) is 0 Å². The van der Waals surface area contributed by atoms with Gasteiger partial charge in [-0.2, -0.15) is 0 Å². The van der Waals surface area contributed by atoms with Crippen molar-refractivity contribution in [3.8, 4) is 11.3 Å². The van der Waals surface area contributed by atoms with E-state index in [0.717, 1.165) is 64.3 Å². The van der Waals surface area contributed by atoms with E-state index in [0.29, 0.717) is 11.3 Å². The Balaban J connectivity index is 1.17. The summed E-state index contributed by atoms with van der Waals surface area (Å²) in [7, 11) is 0. The number of nitrogens with zero attached hydrogens (tertiary/aromatic N) is 4. The first-order chi connectivity index (χ1) is 15.2. The second-order valence-electron chi connectivity index (χ2n) is 8.05. The number of nitro groups is 1. The Kier molecular flexibility index (Phi) is 7.07.